The second-order valence-electron chi connectivity index (χ2n) is 18.3. The topological polar surface area (TPSA) is 195 Å². The van der Waals surface area contributed by atoms with Crippen molar-refractivity contribution in [3.63, 3.8) is 0 Å². The summed E-state index contributed by atoms with van der Waals surface area (Å²) in [4.78, 5) is 73.1. The normalized spacial score (nSPS) is 12.9. The number of furan rings is 2. The summed E-state index contributed by atoms with van der Waals surface area (Å²) in [5.41, 5.74) is 7.32. The largest absolute Gasteiger partial charge is 0.478 e. The Kier molecular flexibility index (Phi) is 14.7. The van der Waals surface area contributed by atoms with E-state index in [2.05, 4.69) is 30.4 Å². The van der Waals surface area contributed by atoms with Gasteiger partial charge in [-0.25, -0.2) is 30.1 Å². The van der Waals surface area contributed by atoms with Crippen LogP contribution in [-0.2, 0) is 12.8 Å². The van der Waals surface area contributed by atoms with Crippen molar-refractivity contribution in [2.75, 3.05) is 14.1 Å². The van der Waals surface area contributed by atoms with Crippen LogP contribution in [0.3, 0.4) is 0 Å². The standard InChI is InChI=1S/C32H31FN4O3.C25H22FN3O4/c1-6-7-26-24(20-14-23(18(2)36-17-20)27(38)16-32(3,35-5)21-10-11-21)15-25-28(30(39)34-4)29(40-31(25)37-26)19-8-12-22(33)13-9-19;1-4-5-20-18(15-10-17(25(31)32)13(2)28-12-15)11-19-21(23(30)27-3)22(33-24(19)29-20)14-6-8-16(26)9-7-14/h8-9,12-15,17,21H,6-7,10-11,16H2,1-4H3,(H,34,39);6-12H,4-5H2,1-3H3,(H,27,30)(H,31,32). The predicted molar refractivity (Wildman–Crippen MR) is 273 cm³/mol. The zero-order valence-corrected chi connectivity index (χ0v) is 41.5. The fourth-order valence-electron chi connectivity index (χ4n) is 9.04. The van der Waals surface area contributed by atoms with Crippen LogP contribution in [0.2, 0.25) is 0 Å². The first-order chi connectivity index (χ1) is 35.0. The van der Waals surface area contributed by atoms with E-state index >= 15 is 0 Å². The van der Waals surface area contributed by atoms with Crippen LogP contribution in [0.5, 0.6) is 0 Å². The van der Waals surface area contributed by atoms with Crippen molar-refractivity contribution in [2.24, 2.45) is 5.92 Å². The van der Waals surface area contributed by atoms with Crippen LogP contribution >= 0.6 is 0 Å². The average Bonchev–Trinajstić information content (AvgIpc) is 4.10. The summed E-state index contributed by atoms with van der Waals surface area (Å²) in [6.45, 7) is 17.1. The number of benzene rings is 2. The smallest absolute Gasteiger partial charge is 0.337 e. The number of carboxylic acid groups (broad SMARTS) is 1. The minimum absolute atomic E-state index is 0.0979. The summed E-state index contributed by atoms with van der Waals surface area (Å²) in [7, 11) is 3.05. The average molecular weight is 986 g/mol. The molecule has 6 heterocycles. The lowest BCUT2D eigenvalue weighted by atomic mass is 9.87. The number of amides is 2. The van der Waals surface area contributed by atoms with Gasteiger partial charge in [0, 0.05) is 84.0 Å². The van der Waals surface area contributed by atoms with Gasteiger partial charge in [0.2, 0.25) is 17.0 Å². The number of aryl methyl sites for hydroxylation is 4. The van der Waals surface area contributed by atoms with Crippen LogP contribution in [0.25, 0.3) is 71.9 Å². The molecule has 1 aliphatic carbocycles. The summed E-state index contributed by atoms with van der Waals surface area (Å²) in [5.74, 6) is -1.85. The number of halogens is 2. The molecule has 1 fully saturated rings. The predicted octanol–water partition coefficient (Wildman–Crippen LogP) is 12.0. The van der Waals surface area contributed by atoms with Crippen LogP contribution < -0.4 is 10.6 Å². The molecule has 14 nitrogen and oxygen atoms in total. The number of nitrogens with zero attached hydrogens (tertiary/aromatic N) is 5. The van der Waals surface area contributed by atoms with Gasteiger partial charge in [-0.05, 0) is 112 Å². The van der Waals surface area contributed by atoms with Crippen molar-refractivity contribution >= 4 is 45.8 Å². The molecule has 0 radical (unpaired) electrons. The number of carbonyl (C=O) groups excluding carboxylic acids is 3. The Balaban J connectivity index is 0.000000199. The van der Waals surface area contributed by atoms with Crippen molar-refractivity contribution in [3.05, 3.63) is 153 Å². The number of rotatable bonds is 15. The number of ketones is 1. The zero-order valence-electron chi connectivity index (χ0n) is 41.5. The third kappa shape index (κ3) is 10.3. The highest BCUT2D eigenvalue weighted by Gasteiger charge is 2.49. The van der Waals surface area contributed by atoms with Crippen molar-refractivity contribution in [1.29, 1.82) is 0 Å². The molecule has 2 aromatic carbocycles. The third-order valence-electron chi connectivity index (χ3n) is 13.2. The van der Waals surface area contributed by atoms with E-state index in [9.17, 15) is 33.1 Å². The second kappa shape index (κ2) is 21.1. The number of aromatic nitrogens is 4. The highest BCUT2D eigenvalue weighted by molar-refractivity contribution is 6.12. The summed E-state index contributed by atoms with van der Waals surface area (Å²) in [5, 5.41) is 15.8. The monoisotopic (exact) mass is 985 g/mol. The Hall–Kier alpha value is -8.45. The highest BCUT2D eigenvalue weighted by Crippen LogP contribution is 2.45. The van der Waals surface area contributed by atoms with Gasteiger partial charge in [0.15, 0.2) is 5.78 Å². The lowest BCUT2D eigenvalue weighted by molar-refractivity contribution is 0.0694. The molecule has 0 aliphatic heterocycles. The van der Waals surface area contributed by atoms with Gasteiger partial charge in [-0.3, -0.25) is 24.4 Å². The Labute approximate surface area is 420 Å². The van der Waals surface area contributed by atoms with Gasteiger partial charge in [-0.2, -0.15) is 0 Å². The zero-order chi connectivity index (χ0) is 52.3. The van der Waals surface area contributed by atoms with Gasteiger partial charge < -0.3 is 29.4 Å². The number of carboxylic acids is 1. The molecule has 1 atom stereocenters. The highest BCUT2D eigenvalue weighted by atomic mass is 19.1. The molecule has 1 saturated carbocycles. The Morgan fingerprint density at radius 2 is 1.12 bits per heavy atom. The Morgan fingerprint density at radius 1 is 0.699 bits per heavy atom. The number of carbonyl (C=O) groups is 4. The van der Waals surface area contributed by atoms with Crippen molar-refractivity contribution in [2.45, 2.75) is 85.1 Å². The van der Waals surface area contributed by atoms with Gasteiger partial charge in [0.05, 0.1) is 51.0 Å². The number of fused-ring (bicyclic) bond motifs is 2. The molecule has 2 amide bonds. The van der Waals surface area contributed by atoms with E-state index in [0.29, 0.717) is 91.1 Å². The van der Waals surface area contributed by atoms with Gasteiger partial charge in [0.1, 0.15) is 23.2 Å². The number of pyridine rings is 4. The van der Waals surface area contributed by atoms with E-state index in [1.54, 1.807) is 50.5 Å². The van der Waals surface area contributed by atoms with Gasteiger partial charge in [0.25, 0.3) is 11.8 Å². The lowest BCUT2D eigenvalue weighted by Gasteiger charge is -2.17. The lowest BCUT2D eigenvalue weighted by Crippen LogP contribution is -2.27. The minimum Gasteiger partial charge on any atom is -0.478 e. The van der Waals surface area contributed by atoms with Gasteiger partial charge in [-0.1, -0.05) is 26.7 Å². The molecule has 0 spiro atoms. The maximum absolute atomic E-state index is 13.6. The summed E-state index contributed by atoms with van der Waals surface area (Å²) < 4.78 is 39.2. The first-order valence-corrected chi connectivity index (χ1v) is 24.0. The summed E-state index contributed by atoms with van der Waals surface area (Å²) in [6, 6.07) is 18.5. The molecule has 73 heavy (non-hydrogen) atoms. The molecule has 0 saturated heterocycles. The van der Waals surface area contributed by atoms with E-state index in [-0.39, 0.29) is 52.5 Å². The van der Waals surface area contributed by atoms with Crippen LogP contribution in [0.15, 0.2) is 94.0 Å². The van der Waals surface area contributed by atoms with E-state index in [1.807, 2.05) is 32.9 Å². The number of aromatic carboxylic acids is 1. The minimum atomic E-state index is -1.07. The SMILES string of the molecule is CCCc1nc2oc(-c3ccc(F)cc3)c(C(=O)NC)c2cc1-c1cnc(C)c(C(=O)O)c1.[C-]#[N+]C(C)(CC(=O)c1cc(-c2cc3c(C(=O)NC)c(-c4ccc(F)cc4)oc3nc2CCC)cnc1C)C1CC1. The van der Waals surface area contributed by atoms with Gasteiger partial charge >= 0.3 is 5.97 Å². The van der Waals surface area contributed by atoms with Crippen molar-refractivity contribution in [3.8, 4) is 44.9 Å². The quantitative estimate of drug-likeness (QED) is 0.0653. The number of Topliss-reactive ketones (excluding diaryl/α,β-unsaturated/α-hetero) is 1. The second-order valence-corrected chi connectivity index (χ2v) is 18.3. The first-order valence-electron chi connectivity index (χ1n) is 24.0. The summed E-state index contributed by atoms with van der Waals surface area (Å²) in [6.07, 6.45) is 8.29. The van der Waals surface area contributed by atoms with Gasteiger partial charge in [-0.15, -0.1) is 0 Å². The van der Waals surface area contributed by atoms with E-state index < -0.39 is 23.1 Å². The molecule has 6 aromatic heterocycles. The van der Waals surface area contributed by atoms with Crippen molar-refractivity contribution in [1.82, 2.24) is 30.6 Å². The molecular formula is C57H53F2N7O7. The van der Waals surface area contributed by atoms with Crippen molar-refractivity contribution < 1.29 is 41.9 Å². The number of hydrogen-bond donors (Lipinski definition) is 3. The van der Waals surface area contributed by atoms with E-state index in [4.69, 9.17) is 20.4 Å². The number of hydrogen-bond acceptors (Lipinski definition) is 10. The van der Waals surface area contributed by atoms with E-state index in [1.165, 1.54) is 50.5 Å². The maximum Gasteiger partial charge on any atom is 0.337 e. The van der Waals surface area contributed by atoms with Crippen LogP contribution in [-0.4, -0.2) is 68.2 Å². The fraction of sp³-hybridized carbons (Fsp3) is 0.281. The Bertz CT molecular complexity index is 3500. The molecule has 1 unspecified atom stereocenters. The molecule has 0 bridgehead atoms. The molecule has 16 heteroatoms. The molecule has 1 aliphatic rings. The maximum atomic E-state index is 13.6. The van der Waals surface area contributed by atoms with E-state index in [0.717, 1.165) is 36.9 Å². The molecular weight excluding hydrogens is 933 g/mol. The summed E-state index contributed by atoms with van der Waals surface area (Å²) >= 11 is 0. The van der Waals surface area contributed by atoms with Crippen LogP contribution in [0, 0.1) is 38.0 Å². The Morgan fingerprint density at radius 3 is 1.51 bits per heavy atom. The number of nitrogens with one attached hydrogen (secondary N) is 2. The first kappa shape index (κ1) is 50.9. The molecule has 372 valence electrons. The fourth-order valence-corrected chi connectivity index (χ4v) is 9.04. The third-order valence-corrected chi connectivity index (χ3v) is 13.2. The molecule has 9 rings (SSSR count). The van der Waals surface area contributed by atoms with Crippen LogP contribution in [0.4, 0.5) is 8.78 Å². The molecule has 3 N–H and O–H groups in total. The van der Waals surface area contributed by atoms with Crippen LogP contribution in [0.1, 0.15) is 117 Å². The molecule has 8 aromatic rings.